The first-order valence-electron chi connectivity index (χ1n) is 9.10. The van der Waals surface area contributed by atoms with Crippen molar-refractivity contribution in [2.45, 2.75) is 45.2 Å². The van der Waals surface area contributed by atoms with Crippen LogP contribution in [-0.2, 0) is 4.79 Å². The number of halogens is 1. The second kappa shape index (κ2) is 10.00. The number of nitrogens with one attached hydrogen (secondary N) is 1. The number of nitrogens with two attached hydrogens (primary N) is 1. The van der Waals surface area contributed by atoms with Crippen LogP contribution >= 0.6 is 11.6 Å². The van der Waals surface area contributed by atoms with Crippen molar-refractivity contribution < 1.29 is 9.53 Å². The van der Waals surface area contributed by atoms with E-state index in [1.165, 1.54) is 0 Å². The summed E-state index contributed by atoms with van der Waals surface area (Å²) >= 11 is 5.86. The number of rotatable bonds is 8. The maximum absolute atomic E-state index is 12.1. The van der Waals surface area contributed by atoms with Gasteiger partial charge in [0.05, 0.1) is 6.04 Å². The van der Waals surface area contributed by atoms with Gasteiger partial charge in [-0.05, 0) is 49.4 Å². The lowest BCUT2D eigenvalue weighted by Gasteiger charge is -2.32. The molecule has 1 fully saturated rings. The fourth-order valence-electron chi connectivity index (χ4n) is 3.05. The number of likely N-dealkylation sites (tertiary alicyclic amines) is 1. The molecule has 0 unspecified atom stereocenters. The highest BCUT2D eigenvalue weighted by atomic mass is 35.5. The Morgan fingerprint density at radius 2 is 1.96 bits per heavy atom. The van der Waals surface area contributed by atoms with Gasteiger partial charge in [0.25, 0.3) is 0 Å². The zero-order chi connectivity index (χ0) is 18.2. The Labute approximate surface area is 155 Å². The molecule has 1 heterocycles. The van der Waals surface area contributed by atoms with E-state index in [1.54, 1.807) is 0 Å². The second-order valence-corrected chi connectivity index (χ2v) is 7.60. The molecule has 6 heteroatoms. The van der Waals surface area contributed by atoms with E-state index < -0.39 is 6.04 Å². The maximum Gasteiger partial charge on any atom is 0.237 e. The van der Waals surface area contributed by atoms with Crippen LogP contribution in [0.5, 0.6) is 5.75 Å². The Hall–Kier alpha value is -1.30. The Kier molecular flexibility index (Phi) is 8.00. The van der Waals surface area contributed by atoms with Crippen molar-refractivity contribution in [3.8, 4) is 5.75 Å². The van der Waals surface area contributed by atoms with Crippen LogP contribution < -0.4 is 15.8 Å². The highest BCUT2D eigenvalue weighted by Crippen LogP contribution is 2.16. The number of carbonyl (C=O) groups excluding carboxylic acids is 1. The van der Waals surface area contributed by atoms with Crippen molar-refractivity contribution in [1.29, 1.82) is 0 Å². The van der Waals surface area contributed by atoms with E-state index in [1.807, 2.05) is 24.3 Å². The molecule has 0 saturated carbocycles. The highest BCUT2D eigenvalue weighted by molar-refractivity contribution is 6.30. The lowest BCUT2D eigenvalue weighted by Crippen LogP contribution is -2.50. The first kappa shape index (κ1) is 20.0. The van der Waals surface area contributed by atoms with E-state index >= 15 is 0 Å². The topological polar surface area (TPSA) is 67.6 Å². The van der Waals surface area contributed by atoms with Gasteiger partial charge in [-0.25, -0.2) is 0 Å². The average molecular weight is 368 g/mol. The third-order valence-electron chi connectivity index (χ3n) is 4.49. The van der Waals surface area contributed by atoms with E-state index in [0.717, 1.165) is 44.6 Å². The zero-order valence-electron chi connectivity index (χ0n) is 15.2. The van der Waals surface area contributed by atoms with Gasteiger partial charge in [0.2, 0.25) is 5.91 Å². The summed E-state index contributed by atoms with van der Waals surface area (Å²) < 4.78 is 5.74. The van der Waals surface area contributed by atoms with Gasteiger partial charge in [0.1, 0.15) is 12.4 Å². The normalized spacial score (nSPS) is 17.5. The molecule has 1 atom stereocenters. The fraction of sp³-hybridized carbons (Fsp3) is 0.632. The third kappa shape index (κ3) is 7.22. The first-order valence-corrected chi connectivity index (χ1v) is 9.48. The largest absolute Gasteiger partial charge is 0.492 e. The van der Waals surface area contributed by atoms with Gasteiger partial charge in [0, 0.05) is 30.7 Å². The quantitative estimate of drug-likeness (QED) is 0.741. The van der Waals surface area contributed by atoms with E-state index in [-0.39, 0.29) is 11.9 Å². The second-order valence-electron chi connectivity index (χ2n) is 7.16. The van der Waals surface area contributed by atoms with Crippen LogP contribution in [0.25, 0.3) is 0 Å². The van der Waals surface area contributed by atoms with Gasteiger partial charge >= 0.3 is 0 Å². The molecule has 1 aliphatic rings. The highest BCUT2D eigenvalue weighted by Gasteiger charge is 2.23. The molecule has 3 N–H and O–H groups in total. The molecule has 1 aromatic rings. The molecule has 0 radical (unpaired) electrons. The first-order chi connectivity index (χ1) is 11.9. The lowest BCUT2D eigenvalue weighted by atomic mass is 10.0. The summed E-state index contributed by atoms with van der Waals surface area (Å²) in [5.41, 5.74) is 5.95. The smallest absolute Gasteiger partial charge is 0.237 e. The number of nitrogens with zero attached hydrogens (tertiary/aromatic N) is 1. The number of amides is 1. The molecule has 0 spiro atoms. The lowest BCUT2D eigenvalue weighted by molar-refractivity contribution is -0.123. The van der Waals surface area contributed by atoms with Crippen molar-refractivity contribution >= 4 is 17.5 Å². The Morgan fingerprint density at radius 1 is 1.32 bits per heavy atom. The molecule has 1 amide bonds. The average Bonchev–Trinajstić information content (AvgIpc) is 2.57. The molecule has 0 aliphatic carbocycles. The van der Waals surface area contributed by atoms with E-state index in [2.05, 4.69) is 24.1 Å². The van der Waals surface area contributed by atoms with Gasteiger partial charge < -0.3 is 15.8 Å². The Morgan fingerprint density at radius 3 is 2.56 bits per heavy atom. The van der Waals surface area contributed by atoms with Crippen LogP contribution in [-0.4, -0.2) is 49.1 Å². The van der Waals surface area contributed by atoms with Gasteiger partial charge in [-0.3, -0.25) is 9.69 Å². The number of hydrogen-bond acceptors (Lipinski definition) is 4. The molecule has 25 heavy (non-hydrogen) atoms. The minimum atomic E-state index is -0.397. The molecule has 1 saturated heterocycles. The van der Waals surface area contributed by atoms with Gasteiger partial charge in [-0.1, -0.05) is 25.4 Å². The SMILES string of the molecule is CC(C)C[C@H](N)C(=O)NC1CCN(CCOc2ccc(Cl)cc2)CC1. The Bertz CT molecular complexity index is 528. The summed E-state index contributed by atoms with van der Waals surface area (Å²) in [6.07, 6.45) is 2.65. The van der Waals surface area contributed by atoms with Crippen LogP contribution in [0.2, 0.25) is 5.02 Å². The standard InChI is InChI=1S/C19H30ClN3O2/c1-14(2)13-18(21)19(24)22-16-7-9-23(10-8-16)11-12-25-17-5-3-15(20)4-6-17/h3-6,14,16,18H,7-13,21H2,1-2H3,(H,22,24)/t18-/m0/s1. The molecule has 0 bridgehead atoms. The van der Waals surface area contributed by atoms with Crippen molar-refractivity contribution in [3.05, 3.63) is 29.3 Å². The summed E-state index contributed by atoms with van der Waals surface area (Å²) in [7, 11) is 0. The number of carbonyl (C=O) groups is 1. The molecular weight excluding hydrogens is 338 g/mol. The van der Waals surface area contributed by atoms with Gasteiger partial charge in [-0.2, -0.15) is 0 Å². The van der Waals surface area contributed by atoms with Gasteiger partial charge in [-0.15, -0.1) is 0 Å². The summed E-state index contributed by atoms with van der Waals surface area (Å²) in [5.74, 6) is 1.26. The predicted molar refractivity (Wildman–Crippen MR) is 102 cm³/mol. The maximum atomic E-state index is 12.1. The summed E-state index contributed by atoms with van der Waals surface area (Å²) in [5, 5.41) is 3.81. The van der Waals surface area contributed by atoms with Crippen LogP contribution in [0.1, 0.15) is 33.1 Å². The van der Waals surface area contributed by atoms with Crippen molar-refractivity contribution in [3.63, 3.8) is 0 Å². The number of hydrogen-bond donors (Lipinski definition) is 2. The summed E-state index contributed by atoms with van der Waals surface area (Å²) in [4.78, 5) is 14.5. The van der Waals surface area contributed by atoms with Crippen LogP contribution in [0.15, 0.2) is 24.3 Å². The summed E-state index contributed by atoms with van der Waals surface area (Å²) in [6.45, 7) is 7.63. The molecule has 1 aliphatic heterocycles. The van der Waals surface area contributed by atoms with Crippen molar-refractivity contribution in [2.24, 2.45) is 11.7 Å². The van der Waals surface area contributed by atoms with Crippen LogP contribution in [0.3, 0.4) is 0 Å². The monoisotopic (exact) mass is 367 g/mol. The molecule has 0 aromatic heterocycles. The van der Waals surface area contributed by atoms with Crippen molar-refractivity contribution in [1.82, 2.24) is 10.2 Å². The van der Waals surface area contributed by atoms with E-state index in [9.17, 15) is 4.79 Å². The zero-order valence-corrected chi connectivity index (χ0v) is 16.0. The van der Waals surface area contributed by atoms with Gasteiger partial charge in [0.15, 0.2) is 0 Å². The third-order valence-corrected chi connectivity index (χ3v) is 4.74. The molecule has 2 rings (SSSR count). The minimum absolute atomic E-state index is 0.0155. The van der Waals surface area contributed by atoms with Crippen LogP contribution in [0, 0.1) is 5.92 Å². The number of piperidine rings is 1. The fourth-order valence-corrected chi connectivity index (χ4v) is 3.17. The number of ether oxygens (including phenoxy) is 1. The molecule has 5 nitrogen and oxygen atoms in total. The van der Waals surface area contributed by atoms with E-state index in [4.69, 9.17) is 22.1 Å². The molecule has 140 valence electrons. The Balaban J connectivity index is 1.62. The van der Waals surface area contributed by atoms with E-state index in [0.29, 0.717) is 17.5 Å². The molecular formula is C19H30ClN3O2. The predicted octanol–water partition coefficient (Wildman–Crippen LogP) is 2.67. The number of benzene rings is 1. The minimum Gasteiger partial charge on any atom is -0.492 e. The van der Waals surface area contributed by atoms with Crippen molar-refractivity contribution in [2.75, 3.05) is 26.2 Å². The molecule has 1 aromatic carbocycles. The van der Waals surface area contributed by atoms with Crippen LogP contribution in [0.4, 0.5) is 0 Å². The summed E-state index contributed by atoms with van der Waals surface area (Å²) in [6, 6.07) is 7.25.